The first-order valence-electron chi connectivity index (χ1n) is 6.09. The third-order valence-corrected chi connectivity index (χ3v) is 2.43. The number of hydrogen-bond acceptors (Lipinski definition) is 10. The Morgan fingerprint density at radius 1 is 1.09 bits per heavy atom. The second-order valence-electron chi connectivity index (χ2n) is 4.11. The molecule has 0 atom stereocenters. The molecule has 138 valence electrons. The summed E-state index contributed by atoms with van der Waals surface area (Å²) in [6, 6.07) is 0. The second-order valence-corrected chi connectivity index (χ2v) is 4.87. The zero-order valence-corrected chi connectivity index (χ0v) is 14.9. The molecule has 0 saturated carbocycles. The first kappa shape index (κ1) is 26.8. The molecule has 0 aromatic carbocycles. The van der Waals surface area contributed by atoms with Crippen molar-refractivity contribution in [2.45, 2.75) is 34.1 Å². The maximum Gasteiger partial charge on any atom is 0.100 e. The molecule has 23 heavy (non-hydrogen) atoms. The first-order valence-corrected chi connectivity index (χ1v) is 7.32. The summed E-state index contributed by atoms with van der Waals surface area (Å²) < 4.78 is 34.0. The van der Waals surface area contributed by atoms with Gasteiger partial charge in [-0.15, -0.1) is 15.2 Å². The van der Waals surface area contributed by atoms with Crippen LogP contribution in [0.15, 0.2) is 26.7 Å². The van der Waals surface area contributed by atoms with Gasteiger partial charge in [0.1, 0.15) is 5.70 Å². The Labute approximate surface area is 146 Å². The Hall–Kier alpha value is -1.10. The smallest absolute Gasteiger partial charge is 0.100 e. The minimum atomic E-state index is -4.94. The van der Waals surface area contributed by atoms with E-state index >= 15 is 0 Å². The summed E-state index contributed by atoms with van der Waals surface area (Å²) in [5.41, 5.74) is 2.50. The summed E-state index contributed by atoms with van der Waals surface area (Å²) in [4.78, 5) is 14.5. The largest absolute Gasteiger partial charge is 0.411 e. The van der Waals surface area contributed by atoms with Gasteiger partial charge in [-0.2, -0.15) is 0 Å². The second kappa shape index (κ2) is 14.5. The van der Waals surface area contributed by atoms with E-state index in [1.54, 1.807) is 20.8 Å². The average molecular weight is 398 g/mol. The van der Waals surface area contributed by atoms with E-state index in [-0.39, 0.29) is 16.5 Å². The molecule has 0 spiro atoms. The summed E-state index contributed by atoms with van der Waals surface area (Å²) in [7, 11) is -4.94. The van der Waals surface area contributed by atoms with Crippen LogP contribution in [0.1, 0.15) is 34.1 Å². The molecule has 0 aliphatic rings. The number of hydrogen-bond donors (Lipinski definition) is 2. The van der Waals surface area contributed by atoms with Crippen LogP contribution in [0, 0.1) is 15.2 Å². The van der Waals surface area contributed by atoms with Gasteiger partial charge in [0.05, 0.1) is 11.4 Å². The van der Waals surface area contributed by atoms with Crippen LogP contribution in [0.5, 0.6) is 0 Å². The van der Waals surface area contributed by atoms with Gasteiger partial charge in [-0.25, -0.2) is 18.6 Å². The molecule has 0 fully saturated rings. The van der Waals surface area contributed by atoms with Crippen LogP contribution in [0.4, 0.5) is 0 Å². The van der Waals surface area contributed by atoms with E-state index in [2.05, 4.69) is 20.6 Å². The van der Waals surface area contributed by atoms with Crippen LogP contribution in [0.2, 0.25) is 0 Å². The predicted molar refractivity (Wildman–Crippen MR) is 69.7 cm³/mol. The van der Waals surface area contributed by atoms with Crippen LogP contribution < -0.4 is 24.0 Å². The van der Waals surface area contributed by atoms with Crippen LogP contribution >= 0.6 is 0 Å². The van der Waals surface area contributed by atoms with Crippen molar-refractivity contribution in [3.63, 3.8) is 0 Å². The van der Waals surface area contributed by atoms with E-state index in [1.807, 2.05) is 6.92 Å². The molecule has 0 aliphatic heterocycles. The fourth-order valence-corrected chi connectivity index (χ4v) is 0.985. The van der Waals surface area contributed by atoms with Crippen molar-refractivity contribution in [2.24, 2.45) is 15.3 Å². The normalized spacial score (nSPS) is 13.2. The SMILES string of the molecule is CC(=NCCCN/C(C)=C(/C)N=O)/C(C)=N/O.[Ni].[O-][Cl+3]([O-])([O-])[O-]. The number of aliphatic imine (C=N–C) groups is 1. The number of oxime groups is 1. The molecule has 0 bridgehead atoms. The third kappa shape index (κ3) is 20.9. The van der Waals surface area contributed by atoms with Crippen LogP contribution in [0.3, 0.4) is 0 Å². The number of rotatable bonds is 7. The third-order valence-electron chi connectivity index (χ3n) is 2.43. The zero-order valence-electron chi connectivity index (χ0n) is 13.1. The monoisotopic (exact) mass is 397 g/mol. The van der Waals surface area contributed by atoms with Gasteiger partial charge < -0.3 is 10.5 Å². The van der Waals surface area contributed by atoms with Gasteiger partial charge in [0, 0.05) is 35.3 Å². The van der Waals surface area contributed by atoms with E-state index in [0.717, 1.165) is 24.4 Å². The molecule has 0 amide bonds. The molecular weight excluding hydrogens is 378 g/mol. The standard InChI is InChI=1S/C11H20N4O2.ClHO4.Ni/c1-8(10(3)14-16)12-6-5-7-13-9(2)11(4)15-17;2-1(3,4)5;/h12,17H,5-7H2,1-4H3;(H,2,3,4,5);/p-1/b10-8-,13-9?,15-11+;;. The first-order chi connectivity index (χ1) is 10.0. The minimum Gasteiger partial charge on any atom is -0.411 e. The summed E-state index contributed by atoms with van der Waals surface area (Å²) in [5, 5.41) is 17.5. The summed E-state index contributed by atoms with van der Waals surface area (Å²) in [6.45, 7) is 8.35. The number of nitroso groups, excluding NO2 is 1. The Kier molecular flexibility index (Phi) is 16.9. The van der Waals surface area contributed by atoms with Gasteiger partial charge >= 0.3 is 0 Å². The Balaban J connectivity index is -0.000000578. The molecule has 0 aliphatic carbocycles. The van der Waals surface area contributed by atoms with Crippen molar-refractivity contribution in [1.82, 2.24) is 5.32 Å². The molecule has 0 saturated heterocycles. The molecule has 0 aromatic rings. The predicted octanol–water partition coefficient (Wildman–Crippen LogP) is -2.46. The number of halogens is 1. The van der Waals surface area contributed by atoms with Crippen LogP contribution in [0.25, 0.3) is 0 Å². The summed E-state index contributed by atoms with van der Waals surface area (Å²) in [5.74, 6) is 0. The van der Waals surface area contributed by atoms with Gasteiger partial charge in [-0.3, -0.25) is 4.99 Å². The Morgan fingerprint density at radius 2 is 1.57 bits per heavy atom. The summed E-state index contributed by atoms with van der Waals surface area (Å²) in [6.07, 6.45) is 0.833. The van der Waals surface area contributed by atoms with E-state index in [9.17, 15) is 4.91 Å². The molecule has 0 radical (unpaired) electrons. The van der Waals surface area contributed by atoms with Crippen molar-refractivity contribution < 1.29 is 50.6 Å². The van der Waals surface area contributed by atoms with Gasteiger partial charge in [0.25, 0.3) is 0 Å². The molecule has 10 nitrogen and oxygen atoms in total. The summed E-state index contributed by atoms with van der Waals surface area (Å²) >= 11 is 0. The van der Waals surface area contributed by atoms with Gasteiger partial charge in [0.15, 0.2) is 0 Å². The fourth-order valence-electron chi connectivity index (χ4n) is 0.985. The van der Waals surface area contributed by atoms with E-state index in [4.69, 9.17) is 23.8 Å². The van der Waals surface area contributed by atoms with Crippen LogP contribution in [-0.4, -0.2) is 29.7 Å². The van der Waals surface area contributed by atoms with Crippen molar-refractivity contribution in [1.29, 1.82) is 0 Å². The maximum absolute atomic E-state index is 10.2. The molecule has 0 aromatic heterocycles. The van der Waals surface area contributed by atoms with E-state index < -0.39 is 10.2 Å². The topological polar surface area (TPSA) is 179 Å². The Morgan fingerprint density at radius 3 is 1.96 bits per heavy atom. The minimum absolute atomic E-state index is 0. The molecular formula is C11H20ClN4NiO6-. The number of nitrogens with zero attached hydrogens (tertiary/aromatic N) is 3. The molecule has 0 heterocycles. The van der Waals surface area contributed by atoms with Crippen LogP contribution in [-0.2, 0) is 16.5 Å². The Bertz CT molecular complexity index is 431. The zero-order chi connectivity index (χ0) is 17.8. The van der Waals surface area contributed by atoms with Crippen molar-refractivity contribution >= 4 is 11.4 Å². The molecule has 0 rings (SSSR count). The number of allylic oxidation sites excluding steroid dienone is 2. The maximum atomic E-state index is 10.2. The molecule has 2 N–H and O–H groups in total. The van der Waals surface area contributed by atoms with Crippen molar-refractivity contribution in [3.8, 4) is 0 Å². The molecule has 12 heteroatoms. The van der Waals surface area contributed by atoms with Gasteiger partial charge in [-0.05, 0) is 39.3 Å². The quantitative estimate of drug-likeness (QED) is 0.119. The fraction of sp³-hybridized carbons (Fsp3) is 0.636. The average Bonchev–Trinajstić information content (AvgIpc) is 2.42. The van der Waals surface area contributed by atoms with E-state index in [0.29, 0.717) is 18.0 Å². The molecule has 0 unspecified atom stereocenters. The van der Waals surface area contributed by atoms with E-state index in [1.165, 1.54) is 0 Å². The van der Waals surface area contributed by atoms with Crippen molar-refractivity contribution in [3.05, 3.63) is 16.3 Å². The van der Waals surface area contributed by atoms with Crippen molar-refractivity contribution in [2.75, 3.05) is 13.1 Å². The number of nitrogens with one attached hydrogen (secondary N) is 1. The van der Waals surface area contributed by atoms with Gasteiger partial charge in [0.2, 0.25) is 0 Å². The van der Waals surface area contributed by atoms with Gasteiger partial charge in [-0.1, -0.05) is 5.16 Å².